The third-order valence-electron chi connectivity index (χ3n) is 1.51. The number of hydrogen-bond acceptors (Lipinski definition) is 4. The van der Waals surface area contributed by atoms with E-state index < -0.39 is 11.7 Å². The lowest BCUT2D eigenvalue weighted by Crippen LogP contribution is -2.34. The molecule has 0 aromatic carbocycles. The Labute approximate surface area is 108 Å². The fourth-order valence-corrected chi connectivity index (χ4v) is 1.03. The summed E-state index contributed by atoms with van der Waals surface area (Å²) in [6.07, 6.45) is -0.431. The molecule has 0 heterocycles. The number of amides is 1. The maximum atomic E-state index is 11.2. The molecule has 0 aliphatic heterocycles. The van der Waals surface area contributed by atoms with Crippen LogP contribution < -0.4 is 5.32 Å². The zero-order chi connectivity index (χ0) is 13.1. The van der Waals surface area contributed by atoms with Crippen molar-refractivity contribution >= 4 is 17.7 Å². The largest absolute Gasteiger partial charge is 0.444 e. The molecular weight excluding hydrogens is 246 g/mol. The normalized spacial score (nSPS) is 11.3. The van der Waals surface area contributed by atoms with Crippen molar-refractivity contribution in [2.24, 2.45) is 0 Å². The van der Waals surface area contributed by atoms with E-state index in [0.29, 0.717) is 38.9 Å². The molecule has 0 fully saturated rings. The number of hydrogen-bond donors (Lipinski definition) is 1. The number of carbonyl (C=O) groups is 1. The third kappa shape index (κ3) is 13.4. The molecule has 0 radical (unpaired) electrons. The molecule has 102 valence electrons. The average molecular weight is 268 g/mol. The van der Waals surface area contributed by atoms with Gasteiger partial charge in [0.25, 0.3) is 0 Å². The Bertz CT molecular complexity index is 206. The summed E-state index contributed by atoms with van der Waals surface area (Å²) in [6, 6.07) is 0. The second-order valence-corrected chi connectivity index (χ2v) is 4.72. The average Bonchev–Trinajstić information content (AvgIpc) is 2.19. The van der Waals surface area contributed by atoms with E-state index in [0.717, 1.165) is 0 Å². The Balaban J connectivity index is 3.25. The molecule has 0 atom stereocenters. The standard InChI is InChI=1S/C11H22ClNO4/c1-11(2,3)17-10(14)13-5-7-16-9-8-15-6-4-12/h4-9H2,1-3H3,(H,13,14). The van der Waals surface area contributed by atoms with Crippen molar-refractivity contribution in [3.63, 3.8) is 0 Å². The van der Waals surface area contributed by atoms with Crippen LogP contribution in [0.25, 0.3) is 0 Å². The molecule has 0 bridgehead atoms. The van der Waals surface area contributed by atoms with Gasteiger partial charge in [0.05, 0.1) is 26.4 Å². The van der Waals surface area contributed by atoms with Crippen LogP contribution in [0.1, 0.15) is 20.8 Å². The molecular formula is C11H22ClNO4. The van der Waals surface area contributed by atoms with Crippen LogP contribution in [0, 0.1) is 0 Å². The lowest BCUT2D eigenvalue weighted by molar-refractivity contribution is 0.0423. The number of ether oxygens (including phenoxy) is 3. The second-order valence-electron chi connectivity index (χ2n) is 4.34. The first-order valence-corrected chi connectivity index (χ1v) is 6.17. The zero-order valence-electron chi connectivity index (χ0n) is 10.8. The van der Waals surface area contributed by atoms with Crippen LogP contribution in [-0.4, -0.2) is 50.5 Å². The molecule has 0 aliphatic rings. The van der Waals surface area contributed by atoms with Gasteiger partial charge in [0, 0.05) is 12.4 Å². The molecule has 17 heavy (non-hydrogen) atoms. The molecule has 0 rings (SSSR count). The Kier molecular flexibility index (Phi) is 9.21. The molecule has 0 aromatic heterocycles. The summed E-state index contributed by atoms with van der Waals surface area (Å²) in [5.74, 6) is 0.486. The SMILES string of the molecule is CC(C)(C)OC(=O)NCCOCCOCCCl. The first-order valence-electron chi connectivity index (χ1n) is 5.64. The van der Waals surface area contributed by atoms with Crippen molar-refractivity contribution < 1.29 is 19.0 Å². The Morgan fingerprint density at radius 3 is 2.24 bits per heavy atom. The molecule has 0 spiro atoms. The Morgan fingerprint density at radius 2 is 1.71 bits per heavy atom. The minimum absolute atomic E-state index is 0.421. The van der Waals surface area contributed by atoms with E-state index in [2.05, 4.69) is 5.32 Å². The van der Waals surface area contributed by atoms with Crippen LogP contribution in [0.4, 0.5) is 4.79 Å². The lowest BCUT2D eigenvalue weighted by Gasteiger charge is -2.19. The van der Waals surface area contributed by atoms with E-state index >= 15 is 0 Å². The predicted molar refractivity (Wildman–Crippen MR) is 66.6 cm³/mol. The molecule has 0 saturated carbocycles. The van der Waals surface area contributed by atoms with E-state index in [-0.39, 0.29) is 0 Å². The van der Waals surface area contributed by atoms with Crippen molar-refractivity contribution in [3.8, 4) is 0 Å². The molecule has 0 saturated heterocycles. The third-order valence-corrected chi connectivity index (χ3v) is 1.66. The highest BCUT2D eigenvalue weighted by molar-refractivity contribution is 6.17. The highest BCUT2D eigenvalue weighted by atomic mass is 35.5. The summed E-state index contributed by atoms with van der Waals surface area (Å²) in [7, 11) is 0. The monoisotopic (exact) mass is 267 g/mol. The van der Waals surface area contributed by atoms with Crippen molar-refractivity contribution in [3.05, 3.63) is 0 Å². The number of carbonyl (C=O) groups excluding carboxylic acids is 1. The van der Waals surface area contributed by atoms with Gasteiger partial charge in [-0.05, 0) is 20.8 Å². The number of nitrogens with one attached hydrogen (secondary N) is 1. The van der Waals surface area contributed by atoms with E-state index in [1.807, 2.05) is 20.8 Å². The predicted octanol–water partition coefficient (Wildman–Crippen LogP) is 1.78. The molecule has 0 aromatic rings. The molecule has 1 N–H and O–H groups in total. The summed E-state index contributed by atoms with van der Waals surface area (Å²) < 4.78 is 15.4. The first kappa shape index (κ1) is 16.5. The van der Waals surface area contributed by atoms with Gasteiger partial charge in [-0.1, -0.05) is 0 Å². The van der Waals surface area contributed by atoms with E-state index in [1.54, 1.807) is 0 Å². The van der Waals surface area contributed by atoms with Gasteiger partial charge in [-0.3, -0.25) is 0 Å². The van der Waals surface area contributed by atoms with Gasteiger partial charge < -0.3 is 19.5 Å². The molecule has 6 heteroatoms. The number of alkyl halides is 1. The molecule has 1 amide bonds. The summed E-state index contributed by atoms with van der Waals surface area (Å²) in [6.45, 7) is 7.84. The summed E-state index contributed by atoms with van der Waals surface area (Å²) in [5, 5.41) is 2.59. The van der Waals surface area contributed by atoms with Crippen molar-refractivity contribution in [1.82, 2.24) is 5.32 Å². The summed E-state index contributed by atoms with van der Waals surface area (Å²) in [5.41, 5.74) is -0.472. The van der Waals surface area contributed by atoms with Gasteiger partial charge in [-0.15, -0.1) is 11.6 Å². The number of alkyl carbamates (subject to hydrolysis) is 1. The van der Waals surface area contributed by atoms with Crippen molar-refractivity contribution in [1.29, 1.82) is 0 Å². The minimum atomic E-state index is -0.472. The van der Waals surface area contributed by atoms with E-state index in [9.17, 15) is 4.79 Å². The van der Waals surface area contributed by atoms with Crippen molar-refractivity contribution in [2.45, 2.75) is 26.4 Å². The van der Waals surface area contributed by atoms with Gasteiger partial charge in [-0.2, -0.15) is 0 Å². The highest BCUT2D eigenvalue weighted by Gasteiger charge is 2.15. The fourth-order valence-electron chi connectivity index (χ4n) is 0.916. The van der Waals surface area contributed by atoms with Gasteiger partial charge >= 0.3 is 6.09 Å². The van der Waals surface area contributed by atoms with Crippen LogP contribution in [0.5, 0.6) is 0 Å². The topological polar surface area (TPSA) is 56.8 Å². The van der Waals surface area contributed by atoms with Gasteiger partial charge in [0.15, 0.2) is 0 Å². The zero-order valence-corrected chi connectivity index (χ0v) is 11.5. The van der Waals surface area contributed by atoms with Crippen LogP contribution in [0.15, 0.2) is 0 Å². The maximum absolute atomic E-state index is 11.2. The maximum Gasteiger partial charge on any atom is 0.407 e. The molecule has 0 unspecified atom stereocenters. The van der Waals surface area contributed by atoms with Crippen LogP contribution >= 0.6 is 11.6 Å². The van der Waals surface area contributed by atoms with Gasteiger partial charge in [0.1, 0.15) is 5.60 Å². The number of halogens is 1. The lowest BCUT2D eigenvalue weighted by atomic mass is 10.2. The molecule has 0 aliphatic carbocycles. The van der Waals surface area contributed by atoms with Crippen molar-refractivity contribution in [2.75, 3.05) is 38.9 Å². The highest BCUT2D eigenvalue weighted by Crippen LogP contribution is 2.05. The second kappa shape index (κ2) is 9.50. The van der Waals surface area contributed by atoms with Crippen LogP contribution in [0.3, 0.4) is 0 Å². The van der Waals surface area contributed by atoms with Gasteiger partial charge in [-0.25, -0.2) is 4.79 Å². The Hall–Kier alpha value is -0.520. The molecule has 5 nitrogen and oxygen atoms in total. The van der Waals surface area contributed by atoms with E-state index in [4.69, 9.17) is 25.8 Å². The van der Waals surface area contributed by atoms with Gasteiger partial charge in [0.2, 0.25) is 0 Å². The number of rotatable bonds is 8. The smallest absolute Gasteiger partial charge is 0.407 e. The van der Waals surface area contributed by atoms with E-state index in [1.165, 1.54) is 0 Å². The minimum Gasteiger partial charge on any atom is -0.444 e. The quantitative estimate of drug-likeness (QED) is 0.538. The Morgan fingerprint density at radius 1 is 1.12 bits per heavy atom. The fraction of sp³-hybridized carbons (Fsp3) is 0.909. The van der Waals surface area contributed by atoms with Crippen LogP contribution in [-0.2, 0) is 14.2 Å². The summed E-state index contributed by atoms with van der Waals surface area (Å²) >= 11 is 5.42. The van der Waals surface area contributed by atoms with Crippen LogP contribution in [0.2, 0.25) is 0 Å². The summed E-state index contributed by atoms with van der Waals surface area (Å²) in [4.78, 5) is 11.2. The first-order chi connectivity index (χ1) is 7.95.